The Hall–Kier alpha value is -1.03. The number of rotatable bonds is 7. The lowest BCUT2D eigenvalue weighted by Gasteiger charge is -2.18. The van der Waals surface area contributed by atoms with Gasteiger partial charge in [-0.15, -0.1) is 0 Å². The average Bonchev–Trinajstić information content (AvgIpc) is 2.10. The summed E-state index contributed by atoms with van der Waals surface area (Å²) in [6, 6.07) is -0.549. The number of hydrogen-bond donors (Lipinski definition) is 3. The van der Waals surface area contributed by atoms with Gasteiger partial charge in [0.1, 0.15) is 6.04 Å². The van der Waals surface area contributed by atoms with Gasteiger partial charge in [-0.25, -0.2) is 0 Å². The van der Waals surface area contributed by atoms with Crippen LogP contribution < -0.4 is 5.32 Å². The SMILES string of the molecule is C=C(O)C(C)CNC(CC(C)C)C(=O)O. The van der Waals surface area contributed by atoms with Crippen molar-refractivity contribution in [2.45, 2.75) is 33.2 Å². The standard InChI is InChI=1S/C11H21NO3/c1-7(2)5-10(11(14)15)12-6-8(3)9(4)13/h7-8,10,12-13H,4-6H2,1-3H3,(H,14,15). The Morgan fingerprint density at radius 3 is 2.20 bits per heavy atom. The highest BCUT2D eigenvalue weighted by atomic mass is 16.4. The normalized spacial score (nSPS) is 14.9. The molecule has 0 fully saturated rings. The molecule has 15 heavy (non-hydrogen) atoms. The minimum Gasteiger partial charge on any atom is -0.513 e. The van der Waals surface area contributed by atoms with Gasteiger partial charge in [0.2, 0.25) is 0 Å². The molecule has 0 amide bonds. The first kappa shape index (κ1) is 14.0. The molecule has 0 aliphatic carbocycles. The molecule has 0 bridgehead atoms. The Bertz CT molecular complexity index is 226. The maximum Gasteiger partial charge on any atom is 0.320 e. The fourth-order valence-corrected chi connectivity index (χ4v) is 1.18. The lowest BCUT2D eigenvalue weighted by molar-refractivity contribution is -0.140. The van der Waals surface area contributed by atoms with E-state index in [1.165, 1.54) is 0 Å². The van der Waals surface area contributed by atoms with Gasteiger partial charge in [0.05, 0.1) is 5.76 Å². The first-order chi connectivity index (χ1) is 6.84. The zero-order valence-corrected chi connectivity index (χ0v) is 9.66. The third kappa shape index (κ3) is 6.12. The van der Waals surface area contributed by atoms with Crippen molar-refractivity contribution in [2.75, 3.05) is 6.54 Å². The molecule has 3 N–H and O–H groups in total. The van der Waals surface area contributed by atoms with E-state index < -0.39 is 12.0 Å². The average molecular weight is 215 g/mol. The molecule has 0 spiro atoms. The first-order valence-corrected chi connectivity index (χ1v) is 5.18. The number of aliphatic hydroxyl groups excluding tert-OH is 1. The minimum atomic E-state index is -0.848. The van der Waals surface area contributed by atoms with Gasteiger partial charge >= 0.3 is 5.97 Å². The Kier molecular flexibility index (Phi) is 6.01. The van der Waals surface area contributed by atoms with Crippen LogP contribution in [0.25, 0.3) is 0 Å². The topological polar surface area (TPSA) is 69.6 Å². The van der Waals surface area contributed by atoms with Crippen LogP contribution in [0.4, 0.5) is 0 Å². The quantitative estimate of drug-likeness (QED) is 0.566. The molecule has 0 aliphatic heterocycles. The Balaban J connectivity index is 4.07. The third-order valence-corrected chi connectivity index (χ3v) is 2.24. The summed E-state index contributed by atoms with van der Waals surface area (Å²) in [5.74, 6) is -0.569. The largest absolute Gasteiger partial charge is 0.513 e. The molecule has 88 valence electrons. The molecule has 0 saturated carbocycles. The summed E-state index contributed by atoms with van der Waals surface area (Å²) in [7, 11) is 0. The van der Waals surface area contributed by atoms with Crippen LogP contribution in [0.3, 0.4) is 0 Å². The second kappa shape index (κ2) is 6.45. The molecule has 4 heteroatoms. The molecule has 0 aromatic carbocycles. The molecule has 0 radical (unpaired) electrons. The van der Waals surface area contributed by atoms with Crippen LogP contribution in [0.5, 0.6) is 0 Å². The van der Waals surface area contributed by atoms with Crippen molar-refractivity contribution in [1.82, 2.24) is 5.32 Å². The first-order valence-electron chi connectivity index (χ1n) is 5.18. The molecule has 2 unspecified atom stereocenters. The van der Waals surface area contributed by atoms with Crippen LogP contribution in [0.1, 0.15) is 27.2 Å². The highest BCUT2D eigenvalue weighted by Gasteiger charge is 2.19. The van der Waals surface area contributed by atoms with Crippen LogP contribution >= 0.6 is 0 Å². The predicted molar refractivity (Wildman–Crippen MR) is 59.8 cm³/mol. The number of nitrogens with one attached hydrogen (secondary N) is 1. The van der Waals surface area contributed by atoms with Crippen molar-refractivity contribution < 1.29 is 15.0 Å². The van der Waals surface area contributed by atoms with Gasteiger partial charge < -0.3 is 15.5 Å². The lowest BCUT2D eigenvalue weighted by atomic mass is 10.0. The fraction of sp³-hybridized carbons (Fsp3) is 0.727. The number of carbonyl (C=O) groups is 1. The number of aliphatic hydroxyl groups is 1. The number of carboxylic acid groups (broad SMARTS) is 1. The molecule has 0 heterocycles. The van der Waals surface area contributed by atoms with E-state index in [0.717, 1.165) is 0 Å². The van der Waals surface area contributed by atoms with Gasteiger partial charge in [0.25, 0.3) is 0 Å². The number of hydrogen-bond acceptors (Lipinski definition) is 3. The fourth-order valence-electron chi connectivity index (χ4n) is 1.18. The van der Waals surface area contributed by atoms with Crippen molar-refractivity contribution in [3.8, 4) is 0 Å². The van der Waals surface area contributed by atoms with E-state index in [0.29, 0.717) is 18.9 Å². The summed E-state index contributed by atoms with van der Waals surface area (Å²) in [4.78, 5) is 10.9. The monoisotopic (exact) mass is 215 g/mol. The highest BCUT2D eigenvalue weighted by molar-refractivity contribution is 5.73. The molecule has 0 aromatic rings. The van der Waals surface area contributed by atoms with E-state index in [-0.39, 0.29) is 11.7 Å². The van der Waals surface area contributed by atoms with Crippen molar-refractivity contribution in [3.05, 3.63) is 12.3 Å². The molecule has 0 rings (SSSR count). The number of carboxylic acids is 1. The zero-order valence-electron chi connectivity index (χ0n) is 9.66. The van der Waals surface area contributed by atoms with E-state index in [2.05, 4.69) is 11.9 Å². The van der Waals surface area contributed by atoms with E-state index in [9.17, 15) is 4.79 Å². The Labute approximate surface area is 91.0 Å². The molecule has 0 aromatic heterocycles. The van der Waals surface area contributed by atoms with E-state index in [4.69, 9.17) is 10.2 Å². The molecular weight excluding hydrogens is 194 g/mol. The van der Waals surface area contributed by atoms with Crippen LogP contribution in [0.2, 0.25) is 0 Å². The van der Waals surface area contributed by atoms with Crippen molar-refractivity contribution in [3.63, 3.8) is 0 Å². The van der Waals surface area contributed by atoms with Crippen LogP contribution in [0.15, 0.2) is 12.3 Å². The Morgan fingerprint density at radius 2 is 1.87 bits per heavy atom. The molecule has 2 atom stereocenters. The second-order valence-corrected chi connectivity index (χ2v) is 4.32. The van der Waals surface area contributed by atoms with Gasteiger partial charge in [-0.3, -0.25) is 4.79 Å². The molecule has 0 aliphatic rings. The molecule has 4 nitrogen and oxygen atoms in total. The summed E-state index contributed by atoms with van der Waals surface area (Å²) in [6.45, 7) is 9.59. The third-order valence-electron chi connectivity index (χ3n) is 2.24. The molecule has 0 saturated heterocycles. The minimum absolute atomic E-state index is 0.0798. The summed E-state index contributed by atoms with van der Waals surface area (Å²) >= 11 is 0. The van der Waals surface area contributed by atoms with Gasteiger partial charge in [-0.1, -0.05) is 27.4 Å². The van der Waals surface area contributed by atoms with Crippen molar-refractivity contribution in [1.29, 1.82) is 0 Å². The van der Waals surface area contributed by atoms with Gasteiger partial charge in [0.15, 0.2) is 0 Å². The van der Waals surface area contributed by atoms with Gasteiger partial charge in [-0.2, -0.15) is 0 Å². The highest BCUT2D eigenvalue weighted by Crippen LogP contribution is 2.07. The Morgan fingerprint density at radius 1 is 1.33 bits per heavy atom. The van der Waals surface area contributed by atoms with Crippen LogP contribution in [0, 0.1) is 11.8 Å². The van der Waals surface area contributed by atoms with Crippen LogP contribution in [-0.2, 0) is 4.79 Å². The van der Waals surface area contributed by atoms with Crippen molar-refractivity contribution >= 4 is 5.97 Å². The lowest BCUT2D eigenvalue weighted by Crippen LogP contribution is -2.40. The number of aliphatic carboxylic acids is 1. The second-order valence-electron chi connectivity index (χ2n) is 4.32. The van der Waals surface area contributed by atoms with E-state index in [1.807, 2.05) is 13.8 Å². The molecular formula is C11H21NO3. The smallest absolute Gasteiger partial charge is 0.320 e. The summed E-state index contributed by atoms with van der Waals surface area (Å²) in [5, 5.41) is 20.9. The van der Waals surface area contributed by atoms with Crippen molar-refractivity contribution in [2.24, 2.45) is 11.8 Å². The zero-order chi connectivity index (χ0) is 12.0. The predicted octanol–water partition coefficient (Wildman–Crippen LogP) is 1.78. The maximum atomic E-state index is 10.9. The van der Waals surface area contributed by atoms with Gasteiger partial charge in [-0.05, 0) is 12.3 Å². The maximum absolute atomic E-state index is 10.9. The van der Waals surface area contributed by atoms with E-state index >= 15 is 0 Å². The summed E-state index contributed by atoms with van der Waals surface area (Å²) < 4.78 is 0. The summed E-state index contributed by atoms with van der Waals surface area (Å²) in [6.07, 6.45) is 0.583. The van der Waals surface area contributed by atoms with E-state index in [1.54, 1.807) is 6.92 Å². The van der Waals surface area contributed by atoms with Crippen LogP contribution in [-0.4, -0.2) is 28.8 Å². The summed E-state index contributed by atoms with van der Waals surface area (Å²) in [5.41, 5.74) is 0. The van der Waals surface area contributed by atoms with Gasteiger partial charge in [0, 0.05) is 12.5 Å².